The number of aromatic nitrogens is 1. The van der Waals surface area contributed by atoms with Crippen molar-refractivity contribution < 1.29 is 9.90 Å². The van der Waals surface area contributed by atoms with Gasteiger partial charge in [-0.1, -0.05) is 30.8 Å². The fraction of sp³-hybridized carbons (Fsp3) is 0.208. The van der Waals surface area contributed by atoms with Gasteiger partial charge in [0.05, 0.1) is 4.91 Å². The van der Waals surface area contributed by atoms with Gasteiger partial charge in [-0.05, 0) is 79.9 Å². The van der Waals surface area contributed by atoms with Gasteiger partial charge in [0.2, 0.25) is 0 Å². The summed E-state index contributed by atoms with van der Waals surface area (Å²) >= 11 is 1.49. The molecule has 1 atom stereocenters. The highest BCUT2D eigenvalue weighted by Gasteiger charge is 2.27. The Bertz CT molecular complexity index is 1100. The molecule has 30 heavy (non-hydrogen) atoms. The molecular formula is C24H25N3O2S. The molecule has 1 saturated heterocycles. The number of nitrogens with zero attached hydrogens (tertiary/aromatic N) is 1. The number of carbonyl (C=O) groups excluding carboxylic acids is 1. The third-order valence-electron chi connectivity index (χ3n) is 5.26. The van der Waals surface area contributed by atoms with Crippen LogP contribution in [0, 0.1) is 13.8 Å². The fourth-order valence-corrected chi connectivity index (χ4v) is 4.60. The number of phenols is 1. The van der Waals surface area contributed by atoms with E-state index in [9.17, 15) is 9.90 Å². The summed E-state index contributed by atoms with van der Waals surface area (Å²) in [4.78, 5) is 13.2. The number of thioether (sulfide) groups is 1. The van der Waals surface area contributed by atoms with E-state index in [4.69, 9.17) is 0 Å². The van der Waals surface area contributed by atoms with Crippen molar-refractivity contribution in [2.75, 3.05) is 5.32 Å². The molecular weight excluding hydrogens is 394 g/mol. The van der Waals surface area contributed by atoms with Crippen molar-refractivity contribution in [1.29, 1.82) is 0 Å². The van der Waals surface area contributed by atoms with Gasteiger partial charge >= 0.3 is 0 Å². The Labute approximate surface area is 180 Å². The molecule has 0 aliphatic carbocycles. The van der Waals surface area contributed by atoms with Gasteiger partial charge in [0.15, 0.2) is 5.50 Å². The monoisotopic (exact) mass is 419 g/mol. The Balaban J connectivity index is 1.54. The molecule has 6 heteroatoms. The van der Waals surface area contributed by atoms with Crippen molar-refractivity contribution in [3.8, 4) is 11.4 Å². The van der Waals surface area contributed by atoms with Crippen LogP contribution in [-0.2, 0) is 11.2 Å². The summed E-state index contributed by atoms with van der Waals surface area (Å²) in [5, 5.41) is 15.9. The van der Waals surface area contributed by atoms with E-state index in [1.54, 1.807) is 12.1 Å². The number of aryl methyl sites for hydroxylation is 2. The molecule has 0 unspecified atom stereocenters. The third kappa shape index (κ3) is 4.09. The fourth-order valence-electron chi connectivity index (χ4n) is 3.63. The van der Waals surface area contributed by atoms with Crippen LogP contribution >= 0.6 is 11.8 Å². The molecule has 1 amide bonds. The number of hydrogen-bond donors (Lipinski definition) is 3. The highest BCUT2D eigenvalue weighted by molar-refractivity contribution is 8.05. The van der Waals surface area contributed by atoms with E-state index in [1.165, 1.54) is 17.3 Å². The predicted octanol–water partition coefficient (Wildman–Crippen LogP) is 4.96. The number of amides is 1. The Morgan fingerprint density at radius 3 is 2.50 bits per heavy atom. The quantitative estimate of drug-likeness (QED) is 0.511. The Kier molecular flexibility index (Phi) is 5.59. The molecule has 0 saturated carbocycles. The number of nitrogens with one attached hydrogen (secondary N) is 2. The van der Waals surface area contributed by atoms with Crippen molar-refractivity contribution in [3.05, 3.63) is 82.0 Å². The molecule has 154 valence electrons. The van der Waals surface area contributed by atoms with Gasteiger partial charge in [0, 0.05) is 22.8 Å². The van der Waals surface area contributed by atoms with Crippen molar-refractivity contribution in [2.24, 2.45) is 0 Å². The first-order valence-corrected chi connectivity index (χ1v) is 10.9. The number of hydrogen-bond acceptors (Lipinski definition) is 4. The molecule has 3 N–H and O–H groups in total. The highest BCUT2D eigenvalue weighted by Crippen LogP contribution is 2.32. The minimum atomic E-state index is -0.197. The molecule has 0 spiro atoms. The second-order valence-electron chi connectivity index (χ2n) is 7.35. The molecule has 2 heterocycles. The van der Waals surface area contributed by atoms with Gasteiger partial charge < -0.3 is 20.3 Å². The van der Waals surface area contributed by atoms with Gasteiger partial charge in [-0.15, -0.1) is 0 Å². The first-order chi connectivity index (χ1) is 14.4. The normalized spacial score (nSPS) is 17.4. The molecule has 1 fully saturated rings. The Morgan fingerprint density at radius 1 is 1.13 bits per heavy atom. The molecule has 3 aromatic rings. The number of benzene rings is 2. The van der Waals surface area contributed by atoms with E-state index in [2.05, 4.69) is 40.3 Å². The summed E-state index contributed by atoms with van der Waals surface area (Å²) in [6.45, 7) is 6.20. The van der Waals surface area contributed by atoms with Gasteiger partial charge in [-0.25, -0.2) is 0 Å². The molecule has 0 bridgehead atoms. The highest BCUT2D eigenvalue weighted by atomic mass is 32.2. The summed E-state index contributed by atoms with van der Waals surface area (Å²) < 4.78 is 2.12. The standard InChI is InChI=1S/C24H25N3O2S/c1-4-17-5-7-19(8-6-17)25-24-26-23(29)22(30-24)14-18-13-15(2)27(16(18)3)20-9-11-21(28)12-10-20/h5-14,24-25,28H,4H2,1-3H3,(H,26,29)/b22-14-/t24-/m0/s1. The first kappa shape index (κ1) is 20.2. The summed E-state index contributed by atoms with van der Waals surface area (Å²) in [5.74, 6) is 0.169. The van der Waals surface area contributed by atoms with Crippen LogP contribution in [0.3, 0.4) is 0 Å². The molecule has 4 rings (SSSR count). The van der Waals surface area contributed by atoms with E-state index < -0.39 is 0 Å². The number of carbonyl (C=O) groups is 1. The summed E-state index contributed by atoms with van der Waals surface area (Å²) in [5.41, 5.74) is 6.17. The van der Waals surface area contributed by atoms with Crippen LogP contribution in [0.5, 0.6) is 5.75 Å². The van der Waals surface area contributed by atoms with Gasteiger partial charge in [0.25, 0.3) is 5.91 Å². The molecule has 1 aliphatic heterocycles. The van der Waals surface area contributed by atoms with Crippen molar-refractivity contribution in [1.82, 2.24) is 9.88 Å². The maximum atomic E-state index is 12.5. The van der Waals surface area contributed by atoms with E-state index in [0.717, 1.165) is 34.7 Å². The van der Waals surface area contributed by atoms with E-state index in [-0.39, 0.29) is 17.2 Å². The van der Waals surface area contributed by atoms with Crippen LogP contribution in [0.2, 0.25) is 0 Å². The number of anilines is 1. The van der Waals surface area contributed by atoms with Crippen LogP contribution in [0.1, 0.15) is 29.4 Å². The van der Waals surface area contributed by atoms with Crippen LogP contribution in [0.15, 0.2) is 59.5 Å². The zero-order valence-corrected chi connectivity index (χ0v) is 18.1. The maximum absolute atomic E-state index is 12.5. The van der Waals surface area contributed by atoms with E-state index in [1.807, 2.05) is 44.2 Å². The zero-order valence-electron chi connectivity index (χ0n) is 17.3. The lowest BCUT2D eigenvalue weighted by molar-refractivity contribution is -0.116. The predicted molar refractivity (Wildman–Crippen MR) is 124 cm³/mol. The van der Waals surface area contributed by atoms with Gasteiger partial charge in [0.1, 0.15) is 5.75 Å². The van der Waals surface area contributed by atoms with Crippen LogP contribution < -0.4 is 10.6 Å². The van der Waals surface area contributed by atoms with Crippen LogP contribution in [0.4, 0.5) is 5.69 Å². The molecule has 2 aromatic carbocycles. The molecule has 0 radical (unpaired) electrons. The van der Waals surface area contributed by atoms with Crippen LogP contribution in [-0.4, -0.2) is 21.1 Å². The topological polar surface area (TPSA) is 66.3 Å². The average Bonchev–Trinajstić information content (AvgIpc) is 3.21. The lowest BCUT2D eigenvalue weighted by Gasteiger charge is -2.12. The van der Waals surface area contributed by atoms with Gasteiger partial charge in [-0.2, -0.15) is 0 Å². The molecule has 1 aromatic heterocycles. The minimum Gasteiger partial charge on any atom is -0.508 e. The Hall–Kier alpha value is -3.12. The third-order valence-corrected chi connectivity index (χ3v) is 6.28. The minimum absolute atomic E-state index is 0.0721. The van der Waals surface area contributed by atoms with Crippen molar-refractivity contribution >= 4 is 29.4 Å². The number of phenolic OH excluding ortho intramolecular Hbond substituents is 1. The largest absolute Gasteiger partial charge is 0.508 e. The van der Waals surface area contributed by atoms with E-state index in [0.29, 0.717) is 4.91 Å². The Morgan fingerprint density at radius 2 is 1.83 bits per heavy atom. The number of rotatable bonds is 5. The average molecular weight is 420 g/mol. The summed E-state index contributed by atoms with van der Waals surface area (Å²) in [7, 11) is 0. The first-order valence-electron chi connectivity index (χ1n) is 9.97. The van der Waals surface area contributed by atoms with Crippen LogP contribution in [0.25, 0.3) is 11.8 Å². The smallest absolute Gasteiger partial charge is 0.260 e. The van der Waals surface area contributed by atoms with Crippen molar-refractivity contribution in [3.63, 3.8) is 0 Å². The lowest BCUT2D eigenvalue weighted by atomic mass is 10.1. The second kappa shape index (κ2) is 8.32. The van der Waals surface area contributed by atoms with E-state index >= 15 is 0 Å². The zero-order chi connectivity index (χ0) is 21.3. The SMILES string of the molecule is CCc1ccc(N[C@H]2NC(=O)/C(=C/c3cc(C)n(-c4ccc(O)cc4)c3C)S2)cc1. The summed E-state index contributed by atoms with van der Waals surface area (Å²) in [6.07, 6.45) is 2.95. The van der Waals surface area contributed by atoms with Gasteiger partial charge in [-0.3, -0.25) is 4.79 Å². The summed E-state index contributed by atoms with van der Waals surface area (Å²) in [6, 6.07) is 17.5. The van der Waals surface area contributed by atoms with Crippen molar-refractivity contribution in [2.45, 2.75) is 32.7 Å². The lowest BCUT2D eigenvalue weighted by Crippen LogP contribution is -2.30. The second-order valence-corrected chi connectivity index (χ2v) is 8.50. The number of aromatic hydroxyl groups is 1. The molecule has 1 aliphatic rings. The maximum Gasteiger partial charge on any atom is 0.260 e. The molecule has 5 nitrogen and oxygen atoms in total.